The van der Waals surface area contributed by atoms with Gasteiger partial charge in [0, 0.05) is 22.8 Å². The fraction of sp³-hybridized carbons (Fsp3) is 0.591. The standard InChI is InChI=1S/C22H32O5/c1-7-8-18(23)22(4,5)20(24)15(3)19-14(2)13-26-21(27-19)16-9-11-17(25-6)12-10-16/h7,9-12,14-15,18-19,21,23H,1,8,13H2,2-6H3/t14-,15+,18-,19-,21-/m0/s1. The number of carbonyl (C=O) groups excluding carboxylic acids is 1. The van der Waals surface area contributed by atoms with Crippen LogP contribution in [-0.4, -0.2) is 36.8 Å². The van der Waals surface area contributed by atoms with E-state index in [1.54, 1.807) is 27.0 Å². The van der Waals surface area contributed by atoms with Crippen LogP contribution in [0.5, 0.6) is 5.75 Å². The molecule has 0 aromatic heterocycles. The minimum atomic E-state index is -0.870. The Kier molecular flexibility index (Phi) is 7.20. The van der Waals surface area contributed by atoms with Gasteiger partial charge in [0.2, 0.25) is 0 Å². The normalized spacial score (nSPS) is 25.5. The fourth-order valence-electron chi connectivity index (χ4n) is 3.55. The summed E-state index contributed by atoms with van der Waals surface area (Å²) in [5, 5.41) is 10.4. The summed E-state index contributed by atoms with van der Waals surface area (Å²) in [5.74, 6) is 0.468. The van der Waals surface area contributed by atoms with Crippen LogP contribution in [0, 0.1) is 17.3 Å². The summed E-state index contributed by atoms with van der Waals surface area (Å²) in [5.41, 5.74) is 0.0169. The maximum absolute atomic E-state index is 13.1. The van der Waals surface area contributed by atoms with Gasteiger partial charge in [-0.3, -0.25) is 4.79 Å². The molecule has 1 heterocycles. The summed E-state index contributed by atoms with van der Waals surface area (Å²) in [6.07, 6.45) is 0.446. The van der Waals surface area contributed by atoms with E-state index >= 15 is 0 Å². The van der Waals surface area contributed by atoms with Crippen LogP contribution in [0.3, 0.4) is 0 Å². The van der Waals surface area contributed by atoms with Gasteiger partial charge in [-0.2, -0.15) is 0 Å². The molecule has 0 bridgehead atoms. The Morgan fingerprint density at radius 1 is 1.41 bits per heavy atom. The first-order valence-electron chi connectivity index (χ1n) is 9.46. The van der Waals surface area contributed by atoms with Crippen LogP contribution in [0.25, 0.3) is 0 Å². The smallest absolute Gasteiger partial charge is 0.184 e. The molecule has 0 saturated carbocycles. The quantitative estimate of drug-likeness (QED) is 0.697. The Morgan fingerprint density at radius 2 is 2.04 bits per heavy atom. The van der Waals surface area contributed by atoms with Crippen molar-refractivity contribution in [2.24, 2.45) is 17.3 Å². The number of Topliss-reactive ketones (excluding diaryl/α,β-unsaturated/α-hetero) is 1. The second-order valence-corrected chi connectivity index (χ2v) is 7.93. The largest absolute Gasteiger partial charge is 0.497 e. The van der Waals surface area contributed by atoms with E-state index in [0.717, 1.165) is 11.3 Å². The van der Waals surface area contributed by atoms with Crippen LogP contribution in [0.15, 0.2) is 36.9 Å². The number of rotatable bonds is 8. The Bertz CT molecular complexity index is 637. The monoisotopic (exact) mass is 376 g/mol. The lowest BCUT2D eigenvalue weighted by Crippen LogP contribution is -2.48. The molecule has 5 heteroatoms. The van der Waals surface area contributed by atoms with Gasteiger partial charge in [-0.1, -0.05) is 45.9 Å². The minimum Gasteiger partial charge on any atom is -0.497 e. The van der Waals surface area contributed by atoms with Crippen LogP contribution >= 0.6 is 0 Å². The van der Waals surface area contributed by atoms with Gasteiger partial charge in [-0.25, -0.2) is 0 Å². The SMILES string of the molecule is C=CC[C@H](O)C(C)(C)C(=O)[C@H](C)[C@H]1O[C@@H](c2ccc(OC)cc2)OC[C@@H]1C. The summed E-state index contributed by atoms with van der Waals surface area (Å²) >= 11 is 0. The fourth-order valence-corrected chi connectivity index (χ4v) is 3.55. The molecule has 2 rings (SSSR count). The Labute approximate surface area is 162 Å². The highest BCUT2D eigenvalue weighted by Gasteiger charge is 2.43. The molecule has 1 N–H and O–H groups in total. The van der Waals surface area contributed by atoms with Gasteiger partial charge in [0.15, 0.2) is 6.29 Å². The molecule has 0 amide bonds. The Hall–Kier alpha value is -1.69. The van der Waals surface area contributed by atoms with Crippen LogP contribution in [-0.2, 0) is 14.3 Å². The van der Waals surface area contributed by atoms with Gasteiger partial charge in [0.1, 0.15) is 11.5 Å². The molecule has 0 unspecified atom stereocenters. The van der Waals surface area contributed by atoms with Crippen molar-refractivity contribution in [3.8, 4) is 5.75 Å². The minimum absolute atomic E-state index is 0.0101. The van der Waals surface area contributed by atoms with Gasteiger partial charge in [0.25, 0.3) is 0 Å². The van der Waals surface area contributed by atoms with Crippen molar-refractivity contribution in [3.63, 3.8) is 0 Å². The Balaban J connectivity index is 2.14. The van der Waals surface area contributed by atoms with E-state index in [2.05, 4.69) is 6.58 Å². The first-order valence-corrected chi connectivity index (χ1v) is 9.46. The zero-order valence-corrected chi connectivity index (χ0v) is 17.0. The van der Waals surface area contributed by atoms with Gasteiger partial charge in [-0.15, -0.1) is 6.58 Å². The van der Waals surface area contributed by atoms with E-state index in [1.165, 1.54) is 0 Å². The van der Waals surface area contributed by atoms with E-state index in [9.17, 15) is 9.90 Å². The lowest BCUT2D eigenvalue weighted by Gasteiger charge is -2.40. The van der Waals surface area contributed by atoms with E-state index in [4.69, 9.17) is 14.2 Å². The number of benzene rings is 1. The van der Waals surface area contributed by atoms with E-state index in [-0.39, 0.29) is 23.7 Å². The number of methoxy groups -OCH3 is 1. The third-order valence-corrected chi connectivity index (χ3v) is 5.50. The molecule has 150 valence electrons. The number of aliphatic hydroxyl groups excluding tert-OH is 1. The van der Waals surface area contributed by atoms with Crippen molar-refractivity contribution in [1.82, 2.24) is 0 Å². The zero-order chi connectivity index (χ0) is 20.2. The first-order chi connectivity index (χ1) is 12.7. The molecule has 1 saturated heterocycles. The van der Waals surface area contributed by atoms with Gasteiger partial charge >= 0.3 is 0 Å². The second-order valence-electron chi connectivity index (χ2n) is 7.93. The number of hydrogen-bond donors (Lipinski definition) is 1. The highest BCUT2D eigenvalue weighted by molar-refractivity contribution is 5.87. The molecule has 1 aliphatic heterocycles. The van der Waals surface area contributed by atoms with Crippen molar-refractivity contribution in [2.45, 2.75) is 52.6 Å². The summed E-state index contributed by atoms with van der Waals surface area (Å²) in [6, 6.07) is 7.53. The molecule has 1 fully saturated rings. The van der Waals surface area contributed by atoms with Crippen LogP contribution < -0.4 is 4.74 Å². The van der Waals surface area contributed by atoms with Gasteiger partial charge in [0.05, 0.1) is 25.9 Å². The molecule has 5 atom stereocenters. The average molecular weight is 376 g/mol. The topological polar surface area (TPSA) is 65.0 Å². The molecule has 0 radical (unpaired) electrons. The lowest BCUT2D eigenvalue weighted by atomic mass is 9.73. The summed E-state index contributed by atoms with van der Waals surface area (Å²) < 4.78 is 17.2. The van der Waals surface area contributed by atoms with Crippen molar-refractivity contribution >= 4 is 5.78 Å². The second kappa shape index (κ2) is 9.00. The van der Waals surface area contributed by atoms with E-state index < -0.39 is 17.8 Å². The van der Waals surface area contributed by atoms with Crippen molar-refractivity contribution < 1.29 is 24.1 Å². The van der Waals surface area contributed by atoms with Gasteiger partial charge in [-0.05, 0) is 18.6 Å². The molecule has 27 heavy (non-hydrogen) atoms. The first kappa shape index (κ1) is 21.6. The lowest BCUT2D eigenvalue weighted by molar-refractivity contribution is -0.249. The summed E-state index contributed by atoms with van der Waals surface area (Å²) in [4.78, 5) is 13.1. The third kappa shape index (κ3) is 4.78. The number of ether oxygens (including phenoxy) is 3. The molecule has 1 aromatic carbocycles. The number of hydrogen-bond acceptors (Lipinski definition) is 5. The molecule has 5 nitrogen and oxygen atoms in total. The predicted molar refractivity (Wildman–Crippen MR) is 104 cm³/mol. The Morgan fingerprint density at radius 3 is 2.59 bits per heavy atom. The van der Waals surface area contributed by atoms with Gasteiger partial charge < -0.3 is 19.3 Å². The maximum atomic E-state index is 13.1. The number of aliphatic hydroxyl groups is 1. The molecule has 0 aliphatic carbocycles. The van der Waals surface area contributed by atoms with Crippen LogP contribution in [0.1, 0.15) is 46.0 Å². The van der Waals surface area contributed by atoms with Crippen molar-refractivity contribution in [2.75, 3.05) is 13.7 Å². The van der Waals surface area contributed by atoms with Crippen LogP contribution in [0.4, 0.5) is 0 Å². The van der Waals surface area contributed by atoms with E-state index in [1.807, 2.05) is 38.1 Å². The van der Waals surface area contributed by atoms with Crippen LogP contribution in [0.2, 0.25) is 0 Å². The summed E-state index contributed by atoms with van der Waals surface area (Å²) in [6.45, 7) is 11.6. The zero-order valence-electron chi connectivity index (χ0n) is 17.0. The molecular weight excluding hydrogens is 344 g/mol. The van der Waals surface area contributed by atoms with Crippen molar-refractivity contribution in [1.29, 1.82) is 0 Å². The highest BCUT2D eigenvalue weighted by Crippen LogP contribution is 2.37. The highest BCUT2D eigenvalue weighted by atomic mass is 16.7. The number of carbonyl (C=O) groups is 1. The van der Waals surface area contributed by atoms with E-state index in [0.29, 0.717) is 13.0 Å². The molecule has 1 aromatic rings. The maximum Gasteiger partial charge on any atom is 0.184 e. The molecular formula is C22H32O5. The molecule has 1 aliphatic rings. The van der Waals surface area contributed by atoms with Crippen molar-refractivity contribution in [3.05, 3.63) is 42.5 Å². The number of ketones is 1. The predicted octanol–water partition coefficient (Wildman–Crippen LogP) is 3.91. The third-order valence-electron chi connectivity index (χ3n) is 5.50. The summed E-state index contributed by atoms with van der Waals surface area (Å²) in [7, 11) is 1.62. The average Bonchev–Trinajstić information content (AvgIpc) is 2.67. The molecule has 0 spiro atoms.